The van der Waals surface area contributed by atoms with E-state index in [-0.39, 0.29) is 109 Å². The molecular weight excluding hydrogens is 974 g/mol. The van der Waals surface area contributed by atoms with Crippen molar-refractivity contribution in [2.75, 3.05) is 43.5 Å². The summed E-state index contributed by atoms with van der Waals surface area (Å²) < 4.78 is 56.1. The molecule has 0 aromatic heterocycles. The molecule has 0 aliphatic rings. The van der Waals surface area contributed by atoms with Crippen molar-refractivity contribution in [1.29, 1.82) is 0 Å². The third kappa shape index (κ3) is 53.7. The van der Waals surface area contributed by atoms with Crippen LogP contribution in [0, 0.1) is 5.92 Å². The maximum Gasteiger partial charge on any atom is 1.00 e. The summed E-state index contributed by atoms with van der Waals surface area (Å²) >= 11 is -0.901. The van der Waals surface area contributed by atoms with Gasteiger partial charge < -0.3 is 30.1 Å². The van der Waals surface area contributed by atoms with E-state index in [9.17, 15) is 36.4 Å². The van der Waals surface area contributed by atoms with Crippen LogP contribution in [0.1, 0.15) is 245 Å². The molecule has 0 aliphatic heterocycles. The third-order valence-corrected chi connectivity index (χ3v) is 14.6. The Morgan fingerprint density at radius 3 is 1.45 bits per heavy atom. The van der Waals surface area contributed by atoms with Crippen molar-refractivity contribution in [3.63, 3.8) is 0 Å². The number of thioether (sulfide) groups is 1. The Balaban J connectivity index is -0.0000231. The van der Waals surface area contributed by atoms with Gasteiger partial charge in [0.25, 0.3) is 0 Å². The number of rotatable bonds is 53. The van der Waals surface area contributed by atoms with Gasteiger partial charge in [0.1, 0.15) is 18.5 Å². The minimum Gasteiger partial charge on any atom is -0.870 e. The van der Waals surface area contributed by atoms with Gasteiger partial charge in [-0.3, -0.25) is 28.7 Å². The molecule has 0 rings (SSSR count). The normalized spacial score (nSPS) is 12.7. The van der Waals surface area contributed by atoms with Crippen LogP contribution >= 0.6 is 11.8 Å². The number of Topliss-reactive ketones (excluding diaryl/α,β-unsaturated/α-hetero) is 1. The summed E-state index contributed by atoms with van der Waals surface area (Å²) in [4.78, 5) is 53.3. The van der Waals surface area contributed by atoms with Gasteiger partial charge in [-0.2, -0.15) is 20.2 Å². The molecule has 1 amide bonds. The third-order valence-electron chi connectivity index (χ3n) is 12.4. The SMILES string of the molecule is CCCCCCCCCCCCCCCC(=O)CC(CSCC(COC(=O)CCCCCCCCCCC)OC(=O)CCCCCCCCCCC)C(=O)NC(CNCCS(=O)[O-])NCC=S(=O)=O.[Na+].[OH-]. The Kier molecular flexibility index (Phi) is 59.5. The fourth-order valence-corrected chi connectivity index (χ4v) is 9.85. The minimum atomic E-state index is -2.43. The second kappa shape index (κ2) is 56.8. The molecule has 0 heterocycles. The van der Waals surface area contributed by atoms with Crippen LogP contribution in [0.2, 0.25) is 0 Å². The van der Waals surface area contributed by atoms with Crippen molar-refractivity contribution < 1.29 is 80.9 Å². The zero-order valence-corrected chi connectivity index (χ0v) is 49.7. The van der Waals surface area contributed by atoms with Crippen LogP contribution < -0.4 is 45.5 Å². The average molecular weight is 1080 g/mol. The molecule has 0 spiro atoms. The fourth-order valence-electron chi connectivity index (χ4n) is 8.19. The zero-order valence-electron chi connectivity index (χ0n) is 45.3. The fraction of sp³-hybridized carbons (Fsp3) is 0.906. The molecule has 14 nitrogen and oxygen atoms in total. The molecular formula is C53H101N3NaO11S3-. The van der Waals surface area contributed by atoms with E-state index >= 15 is 0 Å². The summed E-state index contributed by atoms with van der Waals surface area (Å²) in [6, 6.07) is 0. The second-order valence-corrected chi connectivity index (χ2v) is 22.0. The van der Waals surface area contributed by atoms with Crippen molar-refractivity contribution in [3.05, 3.63) is 0 Å². The number of carbonyl (C=O) groups excluding carboxylic acids is 4. The Morgan fingerprint density at radius 1 is 0.592 bits per heavy atom. The smallest absolute Gasteiger partial charge is 0.870 e. The van der Waals surface area contributed by atoms with E-state index in [0.717, 1.165) is 76.0 Å². The quantitative estimate of drug-likeness (QED) is 0.0131. The van der Waals surface area contributed by atoms with Crippen molar-refractivity contribution in [1.82, 2.24) is 16.0 Å². The molecule has 0 fully saturated rings. The van der Waals surface area contributed by atoms with Gasteiger partial charge >= 0.3 is 41.5 Å². The van der Waals surface area contributed by atoms with Crippen molar-refractivity contribution in [2.24, 2.45) is 5.92 Å². The van der Waals surface area contributed by atoms with Crippen molar-refractivity contribution in [2.45, 2.75) is 258 Å². The van der Waals surface area contributed by atoms with E-state index in [1.165, 1.54) is 140 Å². The topological polar surface area (TPSA) is 227 Å². The van der Waals surface area contributed by atoms with Crippen LogP contribution in [0.5, 0.6) is 0 Å². The molecule has 0 aliphatic carbocycles. The summed E-state index contributed by atoms with van der Waals surface area (Å²) in [5.41, 5.74) is 0. The molecule has 0 aromatic carbocycles. The molecule has 0 saturated heterocycles. The summed E-state index contributed by atoms with van der Waals surface area (Å²) in [6.07, 6.45) is 35.3. The predicted molar refractivity (Wildman–Crippen MR) is 289 cm³/mol. The van der Waals surface area contributed by atoms with Crippen molar-refractivity contribution in [3.8, 4) is 0 Å². The zero-order chi connectivity index (χ0) is 50.8. The van der Waals surface area contributed by atoms with Gasteiger partial charge in [0.05, 0.1) is 12.1 Å². The number of esters is 2. The van der Waals surface area contributed by atoms with Crippen LogP contribution in [0.25, 0.3) is 0 Å². The molecule has 18 heteroatoms. The molecule has 0 radical (unpaired) electrons. The first-order valence-corrected chi connectivity index (χ1v) is 31.2. The number of nitrogens with one attached hydrogen (secondary N) is 3. The molecule has 4 atom stereocenters. The number of amides is 1. The molecule has 71 heavy (non-hydrogen) atoms. The van der Waals surface area contributed by atoms with Crippen LogP contribution in [0.15, 0.2) is 0 Å². The summed E-state index contributed by atoms with van der Waals surface area (Å²) in [7, 11) is -2.43. The van der Waals surface area contributed by atoms with E-state index in [2.05, 4.69) is 36.7 Å². The largest absolute Gasteiger partial charge is 1.00 e. The number of unbranched alkanes of at least 4 members (excludes halogenated alkanes) is 28. The van der Waals surface area contributed by atoms with E-state index in [1.54, 1.807) is 0 Å². The van der Waals surface area contributed by atoms with E-state index in [0.29, 0.717) is 12.8 Å². The minimum absolute atomic E-state index is 0. The Hall–Kier alpha value is -0.890. The number of ether oxygens (including phenoxy) is 2. The Morgan fingerprint density at radius 2 is 1.01 bits per heavy atom. The Labute approximate surface area is 462 Å². The molecule has 0 saturated carbocycles. The summed E-state index contributed by atoms with van der Waals surface area (Å²) in [6.45, 7) is 6.73. The molecule has 0 aromatic rings. The first-order chi connectivity index (χ1) is 33.5. The van der Waals surface area contributed by atoms with Gasteiger partial charge in [-0.05, 0) is 19.3 Å². The van der Waals surface area contributed by atoms with E-state index in [1.807, 2.05) is 0 Å². The van der Waals surface area contributed by atoms with Gasteiger partial charge in [0.15, 0.2) is 0 Å². The van der Waals surface area contributed by atoms with Gasteiger partial charge in [0, 0.05) is 67.9 Å². The van der Waals surface area contributed by atoms with Gasteiger partial charge in [-0.1, -0.05) is 212 Å². The van der Waals surface area contributed by atoms with Crippen molar-refractivity contribution >= 4 is 62.1 Å². The molecule has 414 valence electrons. The van der Waals surface area contributed by atoms with Crippen LogP contribution in [0.3, 0.4) is 0 Å². The predicted octanol–water partition coefficient (Wildman–Crippen LogP) is 8.08. The maximum absolute atomic E-state index is 13.9. The number of hydrogen-bond donors (Lipinski definition) is 3. The van der Waals surface area contributed by atoms with Gasteiger partial charge in [-0.25, -0.2) is 0 Å². The standard InChI is InChI=1S/C53H101N3O10S3.Na.H2O/c1-4-7-10-13-16-19-20-21-22-25-26-29-32-35-48(57)42-47(53(60)56-50(55-39-41-69(63)64)43-54-38-40-68(61)62)45-67-46-49(66-52(59)37-34-31-28-24-18-15-12-9-6-3)44-65-51(58)36-33-30-27-23-17-14-11-8-5-2;;/h41,47,49-50,54-55H,4-40,42-46H2,1-3H3,(H,56,60)(H,61,62);;1H2/q;+1;/p-2. The summed E-state index contributed by atoms with van der Waals surface area (Å²) in [5.74, 6) is -1.53. The molecule has 0 bridgehead atoms. The number of hydrogen-bond acceptors (Lipinski definition) is 14. The first kappa shape index (κ1) is 74.4. The number of ketones is 1. The second-order valence-electron chi connectivity index (χ2n) is 19.0. The maximum atomic E-state index is 13.9. The van der Waals surface area contributed by atoms with Crippen LogP contribution in [-0.4, -0.2) is 107 Å². The molecule has 4 unspecified atom stereocenters. The van der Waals surface area contributed by atoms with E-state index < -0.39 is 45.5 Å². The van der Waals surface area contributed by atoms with E-state index in [4.69, 9.17) is 9.47 Å². The van der Waals surface area contributed by atoms with Crippen LogP contribution in [0.4, 0.5) is 0 Å². The monoisotopic (exact) mass is 1070 g/mol. The Bertz CT molecular complexity index is 1420. The van der Waals surface area contributed by atoms with Gasteiger partial charge in [-0.15, -0.1) is 0 Å². The number of carbonyl (C=O) groups is 4. The summed E-state index contributed by atoms with van der Waals surface area (Å²) in [5, 5.41) is 9.84. The first-order valence-electron chi connectivity index (χ1n) is 27.7. The van der Waals surface area contributed by atoms with Gasteiger partial charge in [0.2, 0.25) is 16.2 Å². The average Bonchev–Trinajstić information content (AvgIpc) is 3.31. The van der Waals surface area contributed by atoms with Crippen LogP contribution in [-0.2, 0) is 50.0 Å². The molecule has 4 N–H and O–H groups in total.